The van der Waals surface area contributed by atoms with Gasteiger partial charge >= 0.3 is 0 Å². The van der Waals surface area contributed by atoms with Crippen LogP contribution in [0.2, 0.25) is 0 Å². The summed E-state index contributed by atoms with van der Waals surface area (Å²) in [5, 5.41) is 3.06. The van der Waals surface area contributed by atoms with Crippen molar-refractivity contribution in [2.45, 2.75) is 18.4 Å². The molecule has 1 amide bonds. The Labute approximate surface area is 126 Å². The predicted octanol–water partition coefficient (Wildman–Crippen LogP) is 3.32. The lowest BCUT2D eigenvalue weighted by Crippen LogP contribution is -2.26. The van der Waals surface area contributed by atoms with Crippen LogP contribution in [-0.4, -0.2) is 11.9 Å². The van der Waals surface area contributed by atoms with Crippen LogP contribution in [0.1, 0.15) is 28.3 Å². The molecule has 0 radical (unpaired) electrons. The lowest BCUT2D eigenvalue weighted by Gasteiger charge is -2.06. The average Bonchev–Trinajstić information content (AvgIpc) is 3.22. The number of halogens is 1. The van der Waals surface area contributed by atoms with E-state index >= 15 is 0 Å². The summed E-state index contributed by atoms with van der Waals surface area (Å²) in [6.45, 7) is 0. The maximum Gasteiger partial charge on any atom is 0.251 e. The van der Waals surface area contributed by atoms with Gasteiger partial charge in [-0.3, -0.25) is 4.79 Å². The van der Waals surface area contributed by atoms with Crippen molar-refractivity contribution in [3.8, 4) is 0 Å². The number of hydrogen-bond donors (Lipinski definition) is 2. The van der Waals surface area contributed by atoms with Crippen LogP contribution in [-0.2, 0) is 0 Å². The van der Waals surface area contributed by atoms with Crippen molar-refractivity contribution < 1.29 is 4.79 Å². The molecule has 102 valence electrons. The molecule has 1 fully saturated rings. The van der Waals surface area contributed by atoms with E-state index in [0.29, 0.717) is 17.2 Å². The largest absolute Gasteiger partial charge is 0.398 e. The van der Waals surface area contributed by atoms with E-state index in [-0.39, 0.29) is 11.9 Å². The number of amides is 1. The van der Waals surface area contributed by atoms with Gasteiger partial charge in [0.05, 0.1) is 0 Å². The molecule has 2 aromatic rings. The molecule has 0 heterocycles. The van der Waals surface area contributed by atoms with Crippen molar-refractivity contribution in [1.82, 2.24) is 5.32 Å². The van der Waals surface area contributed by atoms with Gasteiger partial charge in [0.15, 0.2) is 0 Å². The Bertz CT molecular complexity index is 642. The monoisotopic (exact) mass is 330 g/mol. The first kappa shape index (κ1) is 13.2. The summed E-state index contributed by atoms with van der Waals surface area (Å²) in [6, 6.07) is 15.8. The molecule has 0 aromatic heterocycles. The van der Waals surface area contributed by atoms with E-state index in [9.17, 15) is 4.79 Å². The average molecular weight is 331 g/mol. The minimum absolute atomic E-state index is 0.0624. The molecule has 1 aliphatic carbocycles. The molecule has 0 bridgehead atoms. The lowest BCUT2D eigenvalue weighted by molar-refractivity contribution is 0.0950. The molecule has 20 heavy (non-hydrogen) atoms. The summed E-state index contributed by atoms with van der Waals surface area (Å²) in [6.07, 6.45) is 1.00. The van der Waals surface area contributed by atoms with Crippen molar-refractivity contribution in [2.24, 2.45) is 0 Å². The van der Waals surface area contributed by atoms with Crippen molar-refractivity contribution in [1.29, 1.82) is 0 Å². The van der Waals surface area contributed by atoms with Gasteiger partial charge < -0.3 is 11.1 Å². The number of nitrogens with one attached hydrogen (secondary N) is 1. The minimum atomic E-state index is -0.0624. The van der Waals surface area contributed by atoms with Gasteiger partial charge in [-0.25, -0.2) is 0 Å². The molecule has 2 atom stereocenters. The van der Waals surface area contributed by atoms with E-state index < -0.39 is 0 Å². The molecule has 2 unspecified atom stereocenters. The minimum Gasteiger partial charge on any atom is -0.398 e. The zero-order valence-electron chi connectivity index (χ0n) is 10.8. The van der Waals surface area contributed by atoms with E-state index in [0.717, 1.165) is 10.9 Å². The molecule has 0 spiro atoms. The topological polar surface area (TPSA) is 55.1 Å². The number of carbonyl (C=O) groups excluding carboxylic acids is 1. The maximum atomic E-state index is 12.2. The van der Waals surface area contributed by atoms with Crippen LogP contribution in [0.25, 0.3) is 0 Å². The Hall–Kier alpha value is -1.81. The standard InChI is InChI=1S/C16H15BrN2O/c17-13-7-6-11(8-14(13)18)16(20)19-15-9-12(15)10-4-2-1-3-5-10/h1-8,12,15H,9,18H2,(H,19,20). The summed E-state index contributed by atoms with van der Waals surface area (Å²) in [4.78, 5) is 12.2. The molecule has 1 saturated carbocycles. The van der Waals surface area contributed by atoms with Crippen LogP contribution in [0, 0.1) is 0 Å². The fourth-order valence-corrected chi connectivity index (χ4v) is 2.61. The third kappa shape index (κ3) is 2.70. The summed E-state index contributed by atoms with van der Waals surface area (Å²) < 4.78 is 0.808. The van der Waals surface area contributed by atoms with Crippen molar-refractivity contribution >= 4 is 27.5 Å². The van der Waals surface area contributed by atoms with Gasteiger partial charge in [0, 0.05) is 27.7 Å². The molecule has 4 heteroatoms. The third-order valence-corrected chi connectivity index (χ3v) is 4.32. The smallest absolute Gasteiger partial charge is 0.251 e. The van der Waals surface area contributed by atoms with Gasteiger partial charge in [-0.1, -0.05) is 30.3 Å². The van der Waals surface area contributed by atoms with Crippen LogP contribution in [0.15, 0.2) is 53.0 Å². The molecule has 3 N–H and O–H groups in total. The first-order chi connectivity index (χ1) is 9.65. The van der Waals surface area contributed by atoms with Gasteiger partial charge in [-0.05, 0) is 46.1 Å². The van der Waals surface area contributed by atoms with Gasteiger partial charge in [-0.2, -0.15) is 0 Å². The molecule has 0 saturated heterocycles. The van der Waals surface area contributed by atoms with Crippen LogP contribution < -0.4 is 11.1 Å². The van der Waals surface area contributed by atoms with Crippen molar-refractivity contribution in [3.63, 3.8) is 0 Å². The Morgan fingerprint density at radius 2 is 1.95 bits per heavy atom. The Kier molecular flexibility index (Phi) is 3.49. The number of nitrogens with two attached hydrogens (primary N) is 1. The highest BCUT2D eigenvalue weighted by Crippen LogP contribution is 2.40. The highest BCUT2D eigenvalue weighted by molar-refractivity contribution is 9.10. The Balaban J connectivity index is 1.65. The van der Waals surface area contributed by atoms with Gasteiger partial charge in [-0.15, -0.1) is 0 Å². The number of rotatable bonds is 3. The first-order valence-corrected chi connectivity index (χ1v) is 7.35. The zero-order chi connectivity index (χ0) is 14.1. The number of hydrogen-bond acceptors (Lipinski definition) is 2. The molecule has 2 aromatic carbocycles. The van der Waals surface area contributed by atoms with Crippen molar-refractivity contribution in [3.05, 3.63) is 64.1 Å². The second kappa shape index (κ2) is 5.29. The van der Waals surface area contributed by atoms with Gasteiger partial charge in [0.25, 0.3) is 5.91 Å². The molecule has 1 aliphatic rings. The van der Waals surface area contributed by atoms with E-state index in [1.807, 2.05) is 18.2 Å². The van der Waals surface area contributed by atoms with E-state index in [1.54, 1.807) is 18.2 Å². The Morgan fingerprint density at radius 1 is 1.20 bits per heavy atom. The SMILES string of the molecule is Nc1cc(C(=O)NC2CC2c2ccccc2)ccc1Br. The fraction of sp³-hybridized carbons (Fsp3) is 0.188. The summed E-state index contributed by atoms with van der Waals surface area (Å²) in [5.74, 6) is 0.376. The van der Waals surface area contributed by atoms with E-state index in [4.69, 9.17) is 5.73 Å². The van der Waals surface area contributed by atoms with E-state index in [2.05, 4.69) is 33.4 Å². The third-order valence-electron chi connectivity index (χ3n) is 3.59. The normalized spacial score (nSPS) is 20.4. The first-order valence-electron chi connectivity index (χ1n) is 6.56. The quantitative estimate of drug-likeness (QED) is 0.848. The maximum absolute atomic E-state index is 12.2. The summed E-state index contributed by atoms with van der Waals surface area (Å²) in [5.41, 5.74) is 8.26. The molecule has 3 rings (SSSR count). The van der Waals surface area contributed by atoms with Crippen LogP contribution in [0.4, 0.5) is 5.69 Å². The number of benzene rings is 2. The molecule has 0 aliphatic heterocycles. The van der Waals surface area contributed by atoms with E-state index in [1.165, 1.54) is 5.56 Å². The number of anilines is 1. The molecular weight excluding hydrogens is 316 g/mol. The van der Waals surface area contributed by atoms with Crippen LogP contribution in [0.5, 0.6) is 0 Å². The lowest BCUT2D eigenvalue weighted by atomic mass is 10.1. The fourth-order valence-electron chi connectivity index (χ4n) is 2.36. The second-order valence-corrected chi connectivity index (χ2v) is 5.92. The van der Waals surface area contributed by atoms with Gasteiger partial charge in [0.2, 0.25) is 0 Å². The Morgan fingerprint density at radius 3 is 2.65 bits per heavy atom. The number of carbonyl (C=O) groups is 1. The highest BCUT2D eigenvalue weighted by atomic mass is 79.9. The summed E-state index contributed by atoms with van der Waals surface area (Å²) in [7, 11) is 0. The predicted molar refractivity (Wildman–Crippen MR) is 83.6 cm³/mol. The zero-order valence-corrected chi connectivity index (χ0v) is 12.4. The second-order valence-electron chi connectivity index (χ2n) is 5.07. The van der Waals surface area contributed by atoms with Crippen LogP contribution in [0.3, 0.4) is 0 Å². The van der Waals surface area contributed by atoms with Gasteiger partial charge in [0.1, 0.15) is 0 Å². The number of nitrogen functional groups attached to an aromatic ring is 1. The van der Waals surface area contributed by atoms with Crippen molar-refractivity contribution in [2.75, 3.05) is 5.73 Å². The van der Waals surface area contributed by atoms with Crippen LogP contribution >= 0.6 is 15.9 Å². The molecular formula is C16H15BrN2O. The molecule has 3 nitrogen and oxygen atoms in total. The summed E-state index contributed by atoms with van der Waals surface area (Å²) >= 11 is 3.33. The highest BCUT2D eigenvalue weighted by Gasteiger charge is 2.39.